The van der Waals surface area contributed by atoms with Crippen LogP contribution in [-0.2, 0) is 4.79 Å². The number of nitrogens with zero attached hydrogens (tertiary/aromatic N) is 1. The minimum Gasteiger partial charge on any atom is -0.339 e. The summed E-state index contributed by atoms with van der Waals surface area (Å²) in [6.07, 6.45) is 4.64. The summed E-state index contributed by atoms with van der Waals surface area (Å²) in [5.41, 5.74) is 0. The van der Waals surface area contributed by atoms with Crippen LogP contribution < -0.4 is 5.32 Å². The Labute approximate surface area is 67.1 Å². The van der Waals surface area contributed by atoms with Gasteiger partial charge in [-0.3, -0.25) is 4.79 Å². The van der Waals surface area contributed by atoms with Crippen LogP contribution >= 0.6 is 0 Å². The number of likely N-dealkylation sites (N-methyl/N-ethyl adjacent to an activating group) is 1. The second kappa shape index (κ2) is 4.13. The van der Waals surface area contributed by atoms with Crippen LogP contribution in [0.5, 0.6) is 0 Å². The highest BCUT2D eigenvalue weighted by Crippen LogP contribution is 2.05. The van der Waals surface area contributed by atoms with Crippen LogP contribution in [0.4, 0.5) is 0 Å². The molecule has 0 aromatic carbocycles. The van der Waals surface area contributed by atoms with Crippen molar-refractivity contribution in [3.05, 3.63) is 12.2 Å². The molecule has 3 heteroatoms. The zero-order valence-electron chi connectivity index (χ0n) is 6.84. The number of amides is 1. The Bertz CT molecular complexity index is 161. The van der Waals surface area contributed by atoms with Crippen LogP contribution in [-0.4, -0.2) is 37.5 Å². The number of carbonyl (C=O) groups excluding carboxylic acids is 1. The first-order chi connectivity index (χ1) is 5.34. The summed E-state index contributed by atoms with van der Waals surface area (Å²) in [7, 11) is 1.86. The summed E-state index contributed by atoms with van der Waals surface area (Å²) >= 11 is 0. The van der Waals surface area contributed by atoms with Gasteiger partial charge in [-0.15, -0.1) is 0 Å². The predicted molar refractivity (Wildman–Crippen MR) is 44.3 cm³/mol. The van der Waals surface area contributed by atoms with Crippen LogP contribution in [0.3, 0.4) is 0 Å². The van der Waals surface area contributed by atoms with Crippen molar-refractivity contribution < 1.29 is 4.79 Å². The zero-order valence-corrected chi connectivity index (χ0v) is 6.84. The molecule has 62 valence electrons. The molecule has 1 fully saturated rings. The van der Waals surface area contributed by atoms with Crippen molar-refractivity contribution in [2.45, 2.75) is 6.42 Å². The van der Waals surface area contributed by atoms with Gasteiger partial charge in [0.15, 0.2) is 0 Å². The van der Waals surface area contributed by atoms with Crippen molar-refractivity contribution >= 4 is 5.91 Å². The van der Waals surface area contributed by atoms with Crippen molar-refractivity contribution in [2.75, 3.05) is 26.7 Å². The van der Waals surface area contributed by atoms with E-state index in [4.69, 9.17) is 0 Å². The van der Waals surface area contributed by atoms with Crippen molar-refractivity contribution in [1.29, 1.82) is 0 Å². The van der Waals surface area contributed by atoms with Crippen molar-refractivity contribution in [2.24, 2.45) is 0 Å². The molecule has 0 aromatic heterocycles. The molecule has 11 heavy (non-hydrogen) atoms. The predicted octanol–water partition coefficient (Wildman–Crippen LogP) is -0.00570. The van der Waals surface area contributed by atoms with E-state index in [2.05, 4.69) is 5.32 Å². The first-order valence-corrected chi connectivity index (χ1v) is 3.94. The van der Waals surface area contributed by atoms with Gasteiger partial charge in [-0.25, -0.2) is 0 Å². The minimum atomic E-state index is 0.145. The minimum absolute atomic E-state index is 0.145. The number of nitrogens with one attached hydrogen (secondary N) is 1. The SMILES string of the molecule is CNC/C=C/C(=O)N1CCC1. The molecule has 0 aromatic rings. The van der Waals surface area contributed by atoms with E-state index in [1.807, 2.05) is 18.0 Å². The van der Waals surface area contributed by atoms with E-state index in [0.29, 0.717) is 0 Å². The lowest BCUT2D eigenvalue weighted by molar-refractivity contribution is -0.129. The van der Waals surface area contributed by atoms with E-state index >= 15 is 0 Å². The molecule has 0 unspecified atom stereocenters. The van der Waals surface area contributed by atoms with Crippen LogP contribution in [0, 0.1) is 0 Å². The van der Waals surface area contributed by atoms with Gasteiger partial charge in [0.2, 0.25) is 5.91 Å². The molecule has 3 nitrogen and oxygen atoms in total. The molecule has 1 aliphatic heterocycles. The molecule has 0 aliphatic carbocycles. The quantitative estimate of drug-likeness (QED) is 0.580. The number of rotatable bonds is 3. The standard InChI is InChI=1S/C8H14N2O/c1-9-5-2-4-8(11)10-6-3-7-10/h2,4,9H,3,5-7H2,1H3/b4-2+. The van der Waals surface area contributed by atoms with E-state index < -0.39 is 0 Å². The molecule has 0 bridgehead atoms. The molecule has 1 N–H and O–H groups in total. The molecule has 1 saturated heterocycles. The van der Waals surface area contributed by atoms with Crippen LogP contribution in [0.1, 0.15) is 6.42 Å². The first-order valence-electron chi connectivity index (χ1n) is 3.94. The third-order valence-corrected chi connectivity index (χ3v) is 1.75. The summed E-state index contributed by atoms with van der Waals surface area (Å²) in [4.78, 5) is 13.0. The Morgan fingerprint density at radius 2 is 2.36 bits per heavy atom. The second-order valence-corrected chi connectivity index (χ2v) is 2.64. The van der Waals surface area contributed by atoms with Gasteiger partial charge in [-0.1, -0.05) is 6.08 Å². The first kappa shape index (κ1) is 8.27. The fraction of sp³-hybridized carbons (Fsp3) is 0.625. The van der Waals surface area contributed by atoms with Gasteiger partial charge >= 0.3 is 0 Å². The van der Waals surface area contributed by atoms with Gasteiger partial charge in [0.1, 0.15) is 0 Å². The van der Waals surface area contributed by atoms with Crippen LogP contribution in [0.15, 0.2) is 12.2 Å². The smallest absolute Gasteiger partial charge is 0.246 e. The summed E-state index contributed by atoms with van der Waals surface area (Å²) in [5, 5.41) is 2.94. The highest BCUT2D eigenvalue weighted by molar-refractivity contribution is 5.88. The van der Waals surface area contributed by atoms with Crippen LogP contribution in [0.25, 0.3) is 0 Å². The summed E-state index contributed by atoms with van der Waals surface area (Å²) in [5.74, 6) is 0.145. The maximum Gasteiger partial charge on any atom is 0.246 e. The van der Waals surface area contributed by atoms with Gasteiger partial charge < -0.3 is 10.2 Å². The fourth-order valence-electron chi connectivity index (χ4n) is 0.920. The molecule has 0 saturated carbocycles. The van der Waals surface area contributed by atoms with Crippen molar-refractivity contribution in [3.8, 4) is 0 Å². The van der Waals surface area contributed by atoms with Crippen molar-refractivity contribution in [1.82, 2.24) is 10.2 Å². The summed E-state index contributed by atoms with van der Waals surface area (Å²) < 4.78 is 0. The lowest BCUT2D eigenvalue weighted by Gasteiger charge is -2.29. The summed E-state index contributed by atoms with van der Waals surface area (Å²) in [6.45, 7) is 2.63. The highest BCUT2D eigenvalue weighted by Gasteiger charge is 2.16. The number of likely N-dealkylation sites (tertiary alicyclic amines) is 1. The number of hydrogen-bond donors (Lipinski definition) is 1. The topological polar surface area (TPSA) is 32.3 Å². The van der Waals surface area contributed by atoms with Crippen LogP contribution in [0.2, 0.25) is 0 Å². The molecular weight excluding hydrogens is 140 g/mol. The Morgan fingerprint density at radius 3 is 2.82 bits per heavy atom. The van der Waals surface area contributed by atoms with Gasteiger partial charge in [0.05, 0.1) is 0 Å². The largest absolute Gasteiger partial charge is 0.339 e. The normalized spacial score (nSPS) is 17.0. The molecular formula is C8H14N2O. The molecule has 1 heterocycles. The molecule has 1 amide bonds. The van der Waals surface area contributed by atoms with Gasteiger partial charge in [-0.2, -0.15) is 0 Å². The van der Waals surface area contributed by atoms with Gasteiger partial charge in [0, 0.05) is 25.7 Å². The lowest BCUT2D eigenvalue weighted by atomic mass is 10.2. The number of carbonyl (C=O) groups is 1. The Kier molecular flexibility index (Phi) is 3.11. The molecule has 1 rings (SSSR count). The molecule has 0 spiro atoms. The summed E-state index contributed by atoms with van der Waals surface area (Å²) in [6, 6.07) is 0. The monoisotopic (exact) mass is 154 g/mol. The molecule has 1 aliphatic rings. The Morgan fingerprint density at radius 1 is 1.64 bits per heavy atom. The van der Waals surface area contributed by atoms with E-state index in [-0.39, 0.29) is 5.91 Å². The van der Waals surface area contributed by atoms with E-state index in [1.165, 1.54) is 0 Å². The van der Waals surface area contributed by atoms with E-state index in [9.17, 15) is 4.79 Å². The Balaban J connectivity index is 2.19. The third-order valence-electron chi connectivity index (χ3n) is 1.75. The lowest BCUT2D eigenvalue weighted by Crippen LogP contribution is -2.41. The molecule has 0 atom stereocenters. The second-order valence-electron chi connectivity index (χ2n) is 2.64. The van der Waals surface area contributed by atoms with Gasteiger partial charge in [0.25, 0.3) is 0 Å². The van der Waals surface area contributed by atoms with Gasteiger partial charge in [-0.05, 0) is 13.5 Å². The van der Waals surface area contributed by atoms with Crippen molar-refractivity contribution in [3.63, 3.8) is 0 Å². The average molecular weight is 154 g/mol. The molecule has 0 radical (unpaired) electrons. The third kappa shape index (κ3) is 2.35. The fourth-order valence-corrected chi connectivity index (χ4v) is 0.920. The Hall–Kier alpha value is -0.830. The van der Waals surface area contributed by atoms with E-state index in [1.54, 1.807) is 6.08 Å². The zero-order chi connectivity index (χ0) is 8.10. The number of hydrogen-bond acceptors (Lipinski definition) is 2. The maximum atomic E-state index is 11.1. The highest BCUT2D eigenvalue weighted by atomic mass is 16.2. The van der Waals surface area contributed by atoms with E-state index in [0.717, 1.165) is 26.1 Å². The maximum absolute atomic E-state index is 11.1. The average Bonchev–Trinajstić information content (AvgIpc) is 1.84.